The summed E-state index contributed by atoms with van der Waals surface area (Å²) in [6, 6.07) is 9.47. The van der Waals surface area contributed by atoms with E-state index in [0.717, 1.165) is 18.4 Å². The lowest BCUT2D eigenvalue weighted by atomic mass is 10.0. The van der Waals surface area contributed by atoms with Crippen molar-refractivity contribution < 1.29 is 14.7 Å². The van der Waals surface area contributed by atoms with Gasteiger partial charge in [-0.2, -0.15) is 0 Å². The SMILES string of the molecule is CCCCCCCCCCCCCCCCCCN[C@](C=O)(NC(=O)/C=C/c1ccccc1)[C@@H](C)O. The lowest BCUT2D eigenvalue weighted by Crippen LogP contribution is -2.66. The second-order valence-corrected chi connectivity index (χ2v) is 10.1. The molecule has 0 aromatic heterocycles. The lowest BCUT2D eigenvalue weighted by Gasteiger charge is -2.32. The van der Waals surface area contributed by atoms with Crippen LogP contribution in [0.1, 0.15) is 122 Å². The molecule has 0 spiro atoms. The van der Waals surface area contributed by atoms with Crippen molar-refractivity contribution in [1.82, 2.24) is 10.6 Å². The number of unbranched alkanes of at least 4 members (excludes halogenated alkanes) is 15. The monoisotopic (exact) mass is 500 g/mol. The number of hydrogen-bond acceptors (Lipinski definition) is 4. The highest BCUT2D eigenvalue weighted by Gasteiger charge is 2.35. The van der Waals surface area contributed by atoms with Crippen molar-refractivity contribution in [1.29, 1.82) is 0 Å². The minimum absolute atomic E-state index is 0.425. The Morgan fingerprint density at radius 2 is 1.31 bits per heavy atom. The summed E-state index contributed by atoms with van der Waals surface area (Å²) >= 11 is 0. The number of nitrogens with one attached hydrogen (secondary N) is 2. The molecule has 1 aromatic carbocycles. The summed E-state index contributed by atoms with van der Waals surface area (Å²) in [5.41, 5.74) is -0.587. The van der Waals surface area contributed by atoms with Crippen LogP contribution in [-0.4, -0.2) is 35.6 Å². The molecule has 0 aliphatic heterocycles. The Balaban J connectivity index is 2.11. The number of amides is 1. The molecule has 36 heavy (non-hydrogen) atoms. The minimum atomic E-state index is -1.48. The van der Waals surface area contributed by atoms with Gasteiger partial charge >= 0.3 is 0 Å². The molecule has 0 radical (unpaired) electrons. The second kappa shape index (κ2) is 21.1. The fraction of sp³-hybridized carbons (Fsp3) is 0.677. The van der Waals surface area contributed by atoms with Crippen LogP contribution in [0, 0.1) is 0 Å². The predicted octanol–water partition coefficient (Wildman–Crippen LogP) is 6.94. The van der Waals surface area contributed by atoms with Crippen molar-refractivity contribution in [2.75, 3.05) is 6.54 Å². The van der Waals surface area contributed by atoms with E-state index in [-0.39, 0.29) is 0 Å². The van der Waals surface area contributed by atoms with E-state index in [1.165, 1.54) is 103 Å². The van der Waals surface area contributed by atoms with Crippen LogP contribution in [0.5, 0.6) is 0 Å². The third kappa shape index (κ3) is 15.2. The number of aliphatic hydroxyl groups is 1. The van der Waals surface area contributed by atoms with Gasteiger partial charge in [0.2, 0.25) is 5.91 Å². The average Bonchev–Trinajstić information content (AvgIpc) is 2.89. The normalized spacial score (nSPS) is 14.0. The predicted molar refractivity (Wildman–Crippen MR) is 152 cm³/mol. The maximum atomic E-state index is 12.4. The fourth-order valence-corrected chi connectivity index (χ4v) is 4.42. The highest BCUT2D eigenvalue weighted by atomic mass is 16.3. The van der Waals surface area contributed by atoms with Gasteiger partial charge in [0.05, 0.1) is 6.10 Å². The van der Waals surface area contributed by atoms with Crippen LogP contribution in [0.3, 0.4) is 0 Å². The molecule has 0 fully saturated rings. The van der Waals surface area contributed by atoms with E-state index in [0.29, 0.717) is 12.8 Å². The maximum absolute atomic E-state index is 12.4. The van der Waals surface area contributed by atoms with Gasteiger partial charge < -0.3 is 10.4 Å². The first-order valence-corrected chi connectivity index (χ1v) is 14.5. The van der Waals surface area contributed by atoms with Crippen LogP contribution in [0.15, 0.2) is 36.4 Å². The molecule has 0 heterocycles. The third-order valence-electron chi connectivity index (χ3n) is 6.85. The molecule has 3 N–H and O–H groups in total. The van der Waals surface area contributed by atoms with Gasteiger partial charge in [0, 0.05) is 6.08 Å². The number of benzene rings is 1. The van der Waals surface area contributed by atoms with Gasteiger partial charge in [0.15, 0.2) is 11.9 Å². The van der Waals surface area contributed by atoms with Crippen LogP contribution < -0.4 is 10.6 Å². The second-order valence-electron chi connectivity index (χ2n) is 10.1. The lowest BCUT2D eigenvalue weighted by molar-refractivity contribution is -0.128. The molecule has 5 heteroatoms. The topological polar surface area (TPSA) is 78.4 Å². The first-order chi connectivity index (χ1) is 17.5. The summed E-state index contributed by atoms with van der Waals surface area (Å²) in [7, 11) is 0. The van der Waals surface area contributed by atoms with Gasteiger partial charge in [-0.15, -0.1) is 0 Å². The molecule has 1 rings (SSSR count). The number of hydrogen-bond donors (Lipinski definition) is 3. The van der Waals surface area contributed by atoms with Gasteiger partial charge in [-0.3, -0.25) is 14.9 Å². The van der Waals surface area contributed by atoms with E-state index in [2.05, 4.69) is 17.6 Å². The van der Waals surface area contributed by atoms with E-state index < -0.39 is 17.7 Å². The maximum Gasteiger partial charge on any atom is 0.245 e. The Kier molecular flexibility index (Phi) is 18.8. The van der Waals surface area contributed by atoms with Gasteiger partial charge in [0.1, 0.15) is 0 Å². The van der Waals surface area contributed by atoms with E-state index in [1.807, 2.05) is 30.3 Å². The Morgan fingerprint density at radius 1 is 0.833 bits per heavy atom. The number of carbonyl (C=O) groups is 2. The Hall–Kier alpha value is -1.98. The Morgan fingerprint density at radius 3 is 1.75 bits per heavy atom. The number of carbonyl (C=O) groups excluding carboxylic acids is 2. The van der Waals surface area contributed by atoms with E-state index in [9.17, 15) is 14.7 Å². The van der Waals surface area contributed by atoms with Gasteiger partial charge in [-0.1, -0.05) is 134 Å². The minimum Gasteiger partial charge on any atom is -0.389 e. The molecule has 0 saturated carbocycles. The summed E-state index contributed by atoms with van der Waals surface area (Å²) in [5, 5.41) is 15.9. The zero-order valence-electron chi connectivity index (χ0n) is 23.0. The molecule has 0 unspecified atom stereocenters. The number of aliphatic hydroxyl groups excluding tert-OH is 1. The van der Waals surface area contributed by atoms with Crippen molar-refractivity contribution >= 4 is 18.3 Å². The molecule has 0 bridgehead atoms. The van der Waals surface area contributed by atoms with Crippen molar-refractivity contribution in [2.45, 2.75) is 128 Å². The Labute approximate surface area is 220 Å². The summed E-state index contributed by atoms with van der Waals surface area (Å²) in [4.78, 5) is 24.2. The number of aldehydes is 1. The van der Waals surface area contributed by atoms with E-state index in [4.69, 9.17) is 0 Å². The van der Waals surface area contributed by atoms with Crippen LogP contribution in [0.4, 0.5) is 0 Å². The van der Waals surface area contributed by atoms with Gasteiger partial charge in [-0.05, 0) is 31.5 Å². The smallest absolute Gasteiger partial charge is 0.245 e. The van der Waals surface area contributed by atoms with Gasteiger partial charge in [0.25, 0.3) is 0 Å². The molecule has 204 valence electrons. The van der Waals surface area contributed by atoms with Crippen molar-refractivity contribution in [3.8, 4) is 0 Å². The molecule has 1 aromatic rings. The van der Waals surface area contributed by atoms with Crippen LogP contribution >= 0.6 is 0 Å². The highest BCUT2D eigenvalue weighted by Crippen LogP contribution is 2.14. The summed E-state index contributed by atoms with van der Waals surface area (Å²) < 4.78 is 0. The standard InChI is InChI=1S/C31H52N2O3/c1-3-4-5-6-7-8-9-10-11-12-13-14-15-16-17-21-26-32-31(27-34,28(2)35)33-30(36)25-24-29-22-19-18-20-23-29/h18-20,22-25,27-28,32,35H,3-17,21,26H2,1-2H3,(H,33,36)/b25-24+/t28-,31-/m1/s1. The molecule has 0 aliphatic carbocycles. The van der Waals surface area contributed by atoms with Crippen molar-refractivity contribution in [2.24, 2.45) is 0 Å². The molecule has 5 nitrogen and oxygen atoms in total. The van der Waals surface area contributed by atoms with Crippen molar-refractivity contribution in [3.05, 3.63) is 42.0 Å². The molecule has 2 atom stereocenters. The number of rotatable bonds is 23. The zero-order chi connectivity index (χ0) is 26.3. The third-order valence-corrected chi connectivity index (χ3v) is 6.85. The summed E-state index contributed by atoms with van der Waals surface area (Å²) in [6.07, 6.45) is 23.5. The van der Waals surface area contributed by atoms with Crippen LogP contribution in [-0.2, 0) is 9.59 Å². The van der Waals surface area contributed by atoms with E-state index >= 15 is 0 Å². The van der Waals surface area contributed by atoms with Gasteiger partial charge in [-0.25, -0.2) is 0 Å². The fourth-order valence-electron chi connectivity index (χ4n) is 4.42. The summed E-state index contributed by atoms with van der Waals surface area (Å²) in [5.74, 6) is -0.425. The molecule has 1 amide bonds. The largest absolute Gasteiger partial charge is 0.389 e. The molecular formula is C31H52N2O3. The Bertz CT molecular complexity index is 705. The molecule has 0 saturated heterocycles. The van der Waals surface area contributed by atoms with Crippen LogP contribution in [0.2, 0.25) is 0 Å². The summed E-state index contributed by atoms with van der Waals surface area (Å²) in [6.45, 7) is 4.34. The zero-order valence-corrected chi connectivity index (χ0v) is 23.0. The van der Waals surface area contributed by atoms with E-state index in [1.54, 1.807) is 6.08 Å². The average molecular weight is 501 g/mol. The highest BCUT2D eigenvalue weighted by molar-refractivity contribution is 5.94. The molecular weight excluding hydrogens is 448 g/mol. The first kappa shape index (κ1) is 32.0. The molecule has 0 aliphatic rings. The first-order valence-electron chi connectivity index (χ1n) is 14.5. The quantitative estimate of drug-likeness (QED) is 0.0658. The van der Waals surface area contributed by atoms with Crippen molar-refractivity contribution in [3.63, 3.8) is 0 Å². The van der Waals surface area contributed by atoms with Crippen LogP contribution in [0.25, 0.3) is 6.08 Å².